The molecule has 11 heteroatoms. The van der Waals surface area contributed by atoms with E-state index >= 15 is 0 Å². The van der Waals surface area contributed by atoms with Crippen molar-refractivity contribution < 1.29 is 23.8 Å². The summed E-state index contributed by atoms with van der Waals surface area (Å²) < 4.78 is 18.0. The fraction of sp³-hybridized carbons (Fsp3) is 0.417. The smallest absolute Gasteiger partial charge is 0.341 e. The molecule has 0 spiro atoms. The Hall–Kier alpha value is -2.89. The molecule has 1 fully saturated rings. The molecule has 1 amide bonds. The second-order valence-electron chi connectivity index (χ2n) is 7.91. The highest BCUT2D eigenvalue weighted by Gasteiger charge is 2.24. The summed E-state index contributed by atoms with van der Waals surface area (Å²) in [5.74, 6) is 0.965. The van der Waals surface area contributed by atoms with E-state index in [1.54, 1.807) is 7.11 Å². The molecular weight excluding hydrogens is 488 g/mol. The molecule has 3 aromatic rings. The van der Waals surface area contributed by atoms with Crippen molar-refractivity contribution in [3.63, 3.8) is 0 Å². The summed E-state index contributed by atoms with van der Waals surface area (Å²) in [4.78, 5) is 25.4. The molecular formula is C24H28N4O5S2. The van der Waals surface area contributed by atoms with E-state index in [2.05, 4.69) is 15.5 Å². The molecule has 0 aliphatic carbocycles. The molecule has 1 N–H and O–H groups in total. The van der Waals surface area contributed by atoms with Crippen LogP contribution in [0.25, 0.3) is 11.1 Å². The number of methoxy groups -OCH3 is 2. The number of carbonyl (C=O) groups is 2. The van der Waals surface area contributed by atoms with Gasteiger partial charge in [0, 0.05) is 24.0 Å². The summed E-state index contributed by atoms with van der Waals surface area (Å²) in [6, 6.07) is 7.36. The predicted molar refractivity (Wildman–Crippen MR) is 135 cm³/mol. The van der Waals surface area contributed by atoms with Crippen molar-refractivity contribution in [1.29, 1.82) is 0 Å². The lowest BCUT2D eigenvalue weighted by Gasteiger charge is -2.14. The summed E-state index contributed by atoms with van der Waals surface area (Å²) in [6.45, 7) is 3.49. The first-order valence-corrected chi connectivity index (χ1v) is 13.2. The van der Waals surface area contributed by atoms with E-state index < -0.39 is 5.97 Å². The third-order valence-electron chi connectivity index (χ3n) is 5.69. The predicted octanol–water partition coefficient (Wildman–Crippen LogP) is 4.27. The monoisotopic (exact) mass is 516 g/mol. The van der Waals surface area contributed by atoms with Crippen molar-refractivity contribution in [1.82, 2.24) is 14.8 Å². The van der Waals surface area contributed by atoms with E-state index in [1.807, 2.05) is 41.1 Å². The maximum absolute atomic E-state index is 12.8. The number of nitrogens with zero attached hydrogens (tertiary/aromatic N) is 3. The molecule has 1 aliphatic rings. The number of anilines is 1. The Bertz CT molecular complexity index is 1170. The Morgan fingerprint density at radius 1 is 1.26 bits per heavy atom. The molecule has 1 atom stereocenters. The van der Waals surface area contributed by atoms with E-state index in [1.165, 1.54) is 30.2 Å². The van der Waals surface area contributed by atoms with Gasteiger partial charge in [-0.15, -0.1) is 21.5 Å². The van der Waals surface area contributed by atoms with Gasteiger partial charge in [0.15, 0.2) is 5.16 Å². The molecule has 4 rings (SSSR count). The fourth-order valence-electron chi connectivity index (χ4n) is 3.89. The zero-order chi connectivity index (χ0) is 24.8. The standard InChI is InChI=1S/C24H28N4O5S2/c1-4-19-26-27-24(28(19)12-17-6-5-11-33-17)35-14-20(29)25-22-21(23(30)32-3)18(13-34-22)15-7-9-16(31-2)10-8-15/h7-10,13,17H,4-6,11-12,14H2,1-3H3,(H,25,29). The number of amides is 1. The molecule has 9 nitrogen and oxygen atoms in total. The molecule has 2 aromatic heterocycles. The van der Waals surface area contributed by atoms with Crippen LogP contribution in [0.1, 0.15) is 35.9 Å². The minimum absolute atomic E-state index is 0.129. The maximum Gasteiger partial charge on any atom is 0.341 e. The quantitative estimate of drug-likeness (QED) is 0.315. The normalized spacial score (nSPS) is 15.2. The molecule has 1 unspecified atom stereocenters. The Morgan fingerprint density at radius 3 is 2.71 bits per heavy atom. The van der Waals surface area contributed by atoms with Crippen LogP contribution in [0.4, 0.5) is 5.00 Å². The van der Waals surface area contributed by atoms with E-state index in [0.29, 0.717) is 33.6 Å². The second kappa shape index (κ2) is 11.7. The van der Waals surface area contributed by atoms with Gasteiger partial charge in [0.2, 0.25) is 5.91 Å². The fourth-order valence-corrected chi connectivity index (χ4v) is 5.63. The van der Waals surface area contributed by atoms with Crippen LogP contribution in [0.15, 0.2) is 34.8 Å². The molecule has 1 aromatic carbocycles. The lowest BCUT2D eigenvalue weighted by atomic mass is 10.0. The van der Waals surface area contributed by atoms with Crippen LogP contribution in [0, 0.1) is 0 Å². The van der Waals surface area contributed by atoms with Gasteiger partial charge in [0.25, 0.3) is 0 Å². The number of aryl methyl sites for hydroxylation is 1. The summed E-state index contributed by atoms with van der Waals surface area (Å²) in [7, 11) is 2.92. The van der Waals surface area contributed by atoms with Crippen LogP contribution in [-0.2, 0) is 27.2 Å². The van der Waals surface area contributed by atoms with Gasteiger partial charge < -0.3 is 24.1 Å². The van der Waals surface area contributed by atoms with Crippen LogP contribution in [0.3, 0.4) is 0 Å². The number of carbonyl (C=O) groups excluding carboxylic acids is 2. The van der Waals surface area contributed by atoms with Gasteiger partial charge in [-0.1, -0.05) is 30.8 Å². The number of rotatable bonds is 10. The van der Waals surface area contributed by atoms with Crippen molar-refractivity contribution >= 4 is 40.0 Å². The van der Waals surface area contributed by atoms with E-state index in [0.717, 1.165) is 37.3 Å². The minimum Gasteiger partial charge on any atom is -0.497 e. The average molecular weight is 517 g/mol. The van der Waals surface area contributed by atoms with E-state index in [-0.39, 0.29) is 17.8 Å². The Balaban J connectivity index is 1.47. The third kappa shape index (κ3) is 5.85. The first kappa shape index (κ1) is 25.2. The van der Waals surface area contributed by atoms with Crippen LogP contribution in [0.5, 0.6) is 5.75 Å². The molecule has 35 heavy (non-hydrogen) atoms. The van der Waals surface area contributed by atoms with Gasteiger partial charge in [-0.05, 0) is 30.5 Å². The number of hydrogen-bond donors (Lipinski definition) is 1. The highest BCUT2D eigenvalue weighted by atomic mass is 32.2. The van der Waals surface area contributed by atoms with Gasteiger partial charge in [-0.25, -0.2) is 4.79 Å². The Kier molecular flexibility index (Phi) is 8.42. The van der Waals surface area contributed by atoms with Crippen LogP contribution < -0.4 is 10.1 Å². The Morgan fingerprint density at radius 2 is 2.06 bits per heavy atom. The molecule has 186 valence electrons. The molecule has 1 saturated heterocycles. The van der Waals surface area contributed by atoms with E-state index in [4.69, 9.17) is 14.2 Å². The van der Waals surface area contributed by atoms with Crippen molar-refractivity contribution in [2.75, 3.05) is 31.9 Å². The summed E-state index contributed by atoms with van der Waals surface area (Å²) in [5, 5.41) is 14.4. The zero-order valence-corrected chi connectivity index (χ0v) is 21.5. The van der Waals surface area contributed by atoms with Gasteiger partial charge in [-0.2, -0.15) is 0 Å². The average Bonchev–Trinajstić information content (AvgIpc) is 3.63. The summed E-state index contributed by atoms with van der Waals surface area (Å²) >= 11 is 2.60. The van der Waals surface area contributed by atoms with Crippen molar-refractivity contribution in [2.24, 2.45) is 0 Å². The SMILES string of the molecule is CCc1nnc(SCC(=O)Nc2scc(-c3ccc(OC)cc3)c2C(=O)OC)n1CC1CCCO1. The van der Waals surface area contributed by atoms with Crippen LogP contribution in [-0.4, -0.2) is 59.3 Å². The largest absolute Gasteiger partial charge is 0.497 e. The van der Waals surface area contributed by atoms with E-state index in [9.17, 15) is 9.59 Å². The minimum atomic E-state index is -0.510. The molecule has 1 aliphatic heterocycles. The number of ether oxygens (including phenoxy) is 3. The molecule has 3 heterocycles. The third-order valence-corrected chi connectivity index (χ3v) is 7.55. The van der Waals surface area contributed by atoms with Gasteiger partial charge in [0.1, 0.15) is 22.1 Å². The number of aromatic nitrogens is 3. The lowest BCUT2D eigenvalue weighted by Crippen LogP contribution is -2.19. The van der Waals surface area contributed by atoms with Crippen molar-refractivity contribution in [3.8, 4) is 16.9 Å². The maximum atomic E-state index is 12.8. The highest BCUT2D eigenvalue weighted by Crippen LogP contribution is 2.37. The number of hydrogen-bond acceptors (Lipinski definition) is 9. The highest BCUT2D eigenvalue weighted by molar-refractivity contribution is 7.99. The summed E-state index contributed by atoms with van der Waals surface area (Å²) in [5.41, 5.74) is 1.85. The molecule has 0 bridgehead atoms. The number of nitrogens with one attached hydrogen (secondary N) is 1. The van der Waals surface area contributed by atoms with Crippen molar-refractivity contribution in [3.05, 3.63) is 41.0 Å². The number of thiophene rings is 1. The van der Waals surface area contributed by atoms with Crippen molar-refractivity contribution in [2.45, 2.75) is 44.0 Å². The molecule has 0 radical (unpaired) electrons. The zero-order valence-electron chi connectivity index (χ0n) is 19.9. The lowest BCUT2D eigenvalue weighted by molar-refractivity contribution is -0.113. The summed E-state index contributed by atoms with van der Waals surface area (Å²) in [6.07, 6.45) is 2.96. The van der Waals surface area contributed by atoms with Gasteiger partial charge >= 0.3 is 5.97 Å². The Labute approximate surface area is 212 Å². The topological polar surface area (TPSA) is 105 Å². The molecule has 0 saturated carbocycles. The first-order valence-electron chi connectivity index (χ1n) is 11.3. The number of esters is 1. The second-order valence-corrected chi connectivity index (χ2v) is 9.73. The van der Waals surface area contributed by atoms with Crippen LogP contribution >= 0.6 is 23.1 Å². The van der Waals surface area contributed by atoms with Crippen LogP contribution in [0.2, 0.25) is 0 Å². The van der Waals surface area contributed by atoms with Gasteiger partial charge in [-0.3, -0.25) is 4.79 Å². The number of benzene rings is 1. The first-order chi connectivity index (χ1) is 17.0. The van der Waals surface area contributed by atoms with Gasteiger partial charge in [0.05, 0.1) is 32.6 Å². The number of thioether (sulfide) groups is 1.